The van der Waals surface area contributed by atoms with E-state index in [1.807, 2.05) is 24.3 Å². The van der Waals surface area contributed by atoms with Gasteiger partial charge < -0.3 is 5.11 Å². The molecule has 1 N–H and O–H groups in total. The lowest BCUT2D eigenvalue weighted by Crippen LogP contribution is -2.01. The molecule has 0 bridgehead atoms. The Morgan fingerprint density at radius 3 is 2.27 bits per heavy atom. The van der Waals surface area contributed by atoms with Gasteiger partial charge in [-0.25, -0.2) is 0 Å². The average molecular weight is 286 g/mol. The molecule has 2 nitrogen and oxygen atoms in total. The molecule has 0 fully saturated rings. The van der Waals surface area contributed by atoms with Gasteiger partial charge in [0.05, 0.1) is 5.56 Å². The Labute approximate surface area is 127 Å². The van der Waals surface area contributed by atoms with Crippen molar-refractivity contribution in [2.45, 2.75) is 6.92 Å². The second kappa shape index (κ2) is 4.31. The normalized spacial score (nSPS) is 11.5. The van der Waals surface area contributed by atoms with Gasteiger partial charge in [0.2, 0.25) is 0 Å². The number of carbonyl (C=O) groups is 1. The van der Waals surface area contributed by atoms with E-state index in [1.54, 1.807) is 13.0 Å². The fraction of sp³-hybridized carbons (Fsp3) is 0.0500. The van der Waals surface area contributed by atoms with Crippen LogP contribution in [0.5, 0.6) is 5.75 Å². The molecule has 4 rings (SSSR count). The lowest BCUT2D eigenvalue weighted by atomic mass is 9.90. The fourth-order valence-electron chi connectivity index (χ4n) is 3.20. The van der Waals surface area contributed by atoms with Gasteiger partial charge in [0.1, 0.15) is 5.75 Å². The molecule has 106 valence electrons. The first-order valence-electron chi connectivity index (χ1n) is 7.17. The number of rotatable bonds is 2. The molecular weight excluding hydrogens is 272 g/mol. The third-order valence-electron chi connectivity index (χ3n) is 4.25. The first-order valence-corrected chi connectivity index (χ1v) is 7.17. The molecule has 0 heterocycles. The van der Waals surface area contributed by atoms with Gasteiger partial charge in [-0.15, -0.1) is 0 Å². The SMILES string of the molecule is C=C(C)C(=O)c1cc2ccc3cccc4ccc(c1O)c2c34. The second-order valence-electron chi connectivity index (χ2n) is 5.74. The number of phenolic OH excluding ortho intramolecular Hbond substituents is 1. The van der Waals surface area contributed by atoms with Crippen LogP contribution in [0.1, 0.15) is 17.3 Å². The number of aromatic hydroxyl groups is 1. The van der Waals surface area contributed by atoms with Gasteiger partial charge in [0.25, 0.3) is 0 Å². The first-order chi connectivity index (χ1) is 10.6. The van der Waals surface area contributed by atoms with Crippen LogP contribution in [0.25, 0.3) is 32.3 Å². The van der Waals surface area contributed by atoms with Gasteiger partial charge in [-0.2, -0.15) is 0 Å². The Morgan fingerprint density at radius 2 is 1.59 bits per heavy atom. The molecule has 0 aliphatic heterocycles. The smallest absolute Gasteiger partial charge is 0.191 e. The molecule has 22 heavy (non-hydrogen) atoms. The van der Waals surface area contributed by atoms with Crippen LogP contribution >= 0.6 is 0 Å². The van der Waals surface area contributed by atoms with E-state index in [2.05, 4.69) is 24.8 Å². The lowest BCUT2D eigenvalue weighted by molar-refractivity contribution is 0.103. The summed E-state index contributed by atoms with van der Waals surface area (Å²) in [6.07, 6.45) is 0. The van der Waals surface area contributed by atoms with Crippen molar-refractivity contribution in [1.82, 2.24) is 0 Å². The van der Waals surface area contributed by atoms with Crippen LogP contribution in [-0.4, -0.2) is 10.9 Å². The number of ketones is 1. The third-order valence-corrected chi connectivity index (χ3v) is 4.25. The highest BCUT2D eigenvalue weighted by atomic mass is 16.3. The number of benzene rings is 4. The van der Waals surface area contributed by atoms with Crippen LogP contribution in [0.2, 0.25) is 0 Å². The minimum Gasteiger partial charge on any atom is -0.507 e. The summed E-state index contributed by atoms with van der Waals surface area (Å²) in [5, 5.41) is 16.7. The van der Waals surface area contributed by atoms with Crippen LogP contribution < -0.4 is 0 Å². The molecule has 0 unspecified atom stereocenters. The van der Waals surface area contributed by atoms with Gasteiger partial charge in [-0.05, 0) is 46.2 Å². The summed E-state index contributed by atoms with van der Waals surface area (Å²) in [7, 11) is 0. The van der Waals surface area contributed by atoms with Gasteiger partial charge in [-0.3, -0.25) is 4.79 Å². The van der Waals surface area contributed by atoms with Gasteiger partial charge in [0, 0.05) is 10.8 Å². The van der Waals surface area contributed by atoms with Gasteiger partial charge in [-0.1, -0.05) is 43.0 Å². The Kier molecular flexibility index (Phi) is 2.52. The second-order valence-corrected chi connectivity index (χ2v) is 5.74. The van der Waals surface area contributed by atoms with E-state index in [0.29, 0.717) is 16.5 Å². The summed E-state index contributed by atoms with van der Waals surface area (Å²) in [5.74, 6) is -0.179. The van der Waals surface area contributed by atoms with Crippen molar-refractivity contribution < 1.29 is 9.90 Å². The highest BCUT2D eigenvalue weighted by Gasteiger charge is 2.18. The molecule has 2 heteroatoms. The molecule has 0 atom stereocenters. The maximum atomic E-state index is 12.3. The predicted molar refractivity (Wildman–Crippen MR) is 91.0 cm³/mol. The molecule has 4 aromatic carbocycles. The number of allylic oxidation sites excluding steroid dienone is 1. The Hall–Kier alpha value is -2.87. The Balaban J connectivity index is 2.24. The molecule has 0 amide bonds. The molecule has 0 radical (unpaired) electrons. The van der Waals surface area contributed by atoms with Crippen LogP contribution in [0.3, 0.4) is 0 Å². The molecule has 0 aliphatic carbocycles. The number of hydrogen-bond acceptors (Lipinski definition) is 2. The van der Waals surface area contributed by atoms with Crippen LogP contribution in [-0.2, 0) is 0 Å². The minimum atomic E-state index is -0.219. The summed E-state index contributed by atoms with van der Waals surface area (Å²) < 4.78 is 0. The summed E-state index contributed by atoms with van der Waals surface area (Å²) >= 11 is 0. The predicted octanol–water partition coefficient (Wildman–Crippen LogP) is 5.05. The average Bonchev–Trinajstić information content (AvgIpc) is 2.53. The zero-order chi connectivity index (χ0) is 15.4. The van der Waals surface area contributed by atoms with Crippen molar-refractivity contribution in [3.63, 3.8) is 0 Å². The van der Waals surface area contributed by atoms with Crippen LogP contribution in [0.15, 0.2) is 60.7 Å². The summed E-state index contributed by atoms with van der Waals surface area (Å²) in [4.78, 5) is 12.3. The van der Waals surface area contributed by atoms with E-state index < -0.39 is 0 Å². The topological polar surface area (TPSA) is 37.3 Å². The highest BCUT2D eigenvalue weighted by molar-refractivity contribution is 6.26. The zero-order valence-electron chi connectivity index (χ0n) is 12.2. The summed E-state index contributed by atoms with van der Waals surface area (Å²) in [6.45, 7) is 5.35. The highest BCUT2D eigenvalue weighted by Crippen LogP contribution is 2.40. The Morgan fingerprint density at radius 1 is 0.955 bits per heavy atom. The fourth-order valence-corrected chi connectivity index (χ4v) is 3.20. The first kappa shape index (κ1) is 12.8. The van der Waals surface area contributed by atoms with E-state index in [-0.39, 0.29) is 11.5 Å². The van der Waals surface area contributed by atoms with Crippen molar-refractivity contribution in [1.29, 1.82) is 0 Å². The molecule has 4 aromatic rings. The van der Waals surface area contributed by atoms with Gasteiger partial charge in [0.15, 0.2) is 5.78 Å². The van der Waals surface area contributed by atoms with Crippen LogP contribution in [0.4, 0.5) is 0 Å². The number of hydrogen-bond donors (Lipinski definition) is 1. The molecule has 0 saturated heterocycles. The van der Waals surface area contributed by atoms with Crippen LogP contribution in [0, 0.1) is 0 Å². The molecule has 0 aromatic heterocycles. The molecular formula is C20H14O2. The molecule has 0 saturated carbocycles. The van der Waals surface area contributed by atoms with Crippen molar-refractivity contribution >= 4 is 38.1 Å². The maximum absolute atomic E-state index is 12.3. The monoisotopic (exact) mass is 286 g/mol. The maximum Gasteiger partial charge on any atom is 0.191 e. The van der Waals surface area contributed by atoms with Crippen molar-refractivity contribution in [3.8, 4) is 5.75 Å². The Bertz CT molecular complexity index is 1060. The number of phenols is 1. The van der Waals surface area contributed by atoms with E-state index in [4.69, 9.17) is 0 Å². The largest absolute Gasteiger partial charge is 0.507 e. The minimum absolute atomic E-state index is 0.0405. The number of Topliss-reactive ketones (excluding diaryl/α,β-unsaturated/α-hetero) is 1. The number of carbonyl (C=O) groups excluding carboxylic acids is 1. The standard InChI is InChI=1S/C20H14O2/c1-11(2)19(21)16-10-14-7-6-12-4-3-5-13-8-9-15(20(16)22)18(14)17(12)13/h3-10,22H,1H2,2H3. The van der Waals surface area contributed by atoms with E-state index >= 15 is 0 Å². The molecule has 0 spiro atoms. The van der Waals surface area contributed by atoms with Crippen molar-refractivity contribution in [2.75, 3.05) is 0 Å². The van der Waals surface area contributed by atoms with E-state index in [9.17, 15) is 9.90 Å². The third kappa shape index (κ3) is 1.58. The quantitative estimate of drug-likeness (QED) is 0.318. The van der Waals surface area contributed by atoms with Gasteiger partial charge >= 0.3 is 0 Å². The van der Waals surface area contributed by atoms with E-state index in [0.717, 1.165) is 26.9 Å². The summed E-state index contributed by atoms with van der Waals surface area (Å²) in [6, 6.07) is 15.8. The zero-order valence-corrected chi connectivity index (χ0v) is 12.2. The lowest BCUT2D eigenvalue weighted by Gasteiger charge is -2.14. The summed E-state index contributed by atoms with van der Waals surface area (Å²) in [5.41, 5.74) is 0.737. The van der Waals surface area contributed by atoms with Crippen molar-refractivity contribution in [2.24, 2.45) is 0 Å². The van der Waals surface area contributed by atoms with E-state index in [1.165, 1.54) is 0 Å². The van der Waals surface area contributed by atoms with Crippen molar-refractivity contribution in [3.05, 3.63) is 66.2 Å². The molecule has 0 aliphatic rings.